The minimum absolute atomic E-state index is 0.0580. The zero-order valence-corrected chi connectivity index (χ0v) is 10.7. The third-order valence-electron chi connectivity index (χ3n) is 3.74. The van der Waals surface area contributed by atoms with Crippen molar-refractivity contribution in [1.82, 2.24) is 9.78 Å². The maximum absolute atomic E-state index is 11.0. The molecule has 7 heteroatoms. The van der Waals surface area contributed by atoms with Crippen molar-refractivity contribution < 1.29 is 4.92 Å². The van der Waals surface area contributed by atoms with Crippen LogP contribution < -0.4 is 10.6 Å². The van der Waals surface area contributed by atoms with Crippen LogP contribution in [0, 0.1) is 16.0 Å². The van der Waals surface area contributed by atoms with Crippen LogP contribution in [-0.4, -0.2) is 34.3 Å². The molecule has 18 heavy (non-hydrogen) atoms. The first-order valence-electron chi connectivity index (χ1n) is 6.15. The second kappa shape index (κ2) is 4.93. The Balaban J connectivity index is 2.27. The number of rotatable bonds is 4. The van der Waals surface area contributed by atoms with Crippen molar-refractivity contribution in [2.24, 2.45) is 18.7 Å². The van der Waals surface area contributed by atoms with E-state index in [0.717, 1.165) is 19.3 Å². The number of anilines is 1. The predicted molar refractivity (Wildman–Crippen MR) is 68.4 cm³/mol. The third-order valence-corrected chi connectivity index (χ3v) is 3.74. The molecule has 7 nitrogen and oxygen atoms in total. The molecule has 0 bridgehead atoms. The lowest BCUT2D eigenvalue weighted by Crippen LogP contribution is -2.38. The van der Waals surface area contributed by atoms with E-state index in [2.05, 4.69) is 5.10 Å². The van der Waals surface area contributed by atoms with Gasteiger partial charge in [0.1, 0.15) is 6.20 Å². The van der Waals surface area contributed by atoms with Gasteiger partial charge in [0.15, 0.2) is 0 Å². The summed E-state index contributed by atoms with van der Waals surface area (Å²) in [4.78, 5) is 12.5. The molecule has 0 aromatic carbocycles. The minimum atomic E-state index is -0.384. The highest BCUT2D eigenvalue weighted by atomic mass is 16.6. The van der Waals surface area contributed by atoms with Crippen molar-refractivity contribution in [2.75, 3.05) is 18.5 Å². The zero-order valence-electron chi connectivity index (χ0n) is 10.7. The van der Waals surface area contributed by atoms with Crippen molar-refractivity contribution in [3.8, 4) is 0 Å². The first kappa shape index (κ1) is 12.8. The highest BCUT2D eigenvalue weighted by Crippen LogP contribution is 2.34. The summed E-state index contributed by atoms with van der Waals surface area (Å²) in [5, 5.41) is 15.2. The van der Waals surface area contributed by atoms with Crippen molar-refractivity contribution >= 4 is 11.5 Å². The lowest BCUT2D eigenvalue weighted by molar-refractivity contribution is -0.384. The Morgan fingerprint density at radius 3 is 3.00 bits per heavy atom. The minimum Gasteiger partial charge on any atom is -0.349 e. The largest absolute Gasteiger partial charge is 0.349 e. The first-order chi connectivity index (χ1) is 8.54. The summed E-state index contributed by atoms with van der Waals surface area (Å²) in [7, 11) is 3.56. The molecule has 0 aliphatic heterocycles. The third kappa shape index (κ3) is 2.17. The Morgan fingerprint density at radius 1 is 1.67 bits per heavy atom. The van der Waals surface area contributed by atoms with Gasteiger partial charge < -0.3 is 10.6 Å². The van der Waals surface area contributed by atoms with E-state index in [0.29, 0.717) is 18.3 Å². The Morgan fingerprint density at radius 2 is 2.39 bits per heavy atom. The van der Waals surface area contributed by atoms with Gasteiger partial charge >= 0.3 is 5.69 Å². The molecule has 2 atom stereocenters. The van der Waals surface area contributed by atoms with Gasteiger partial charge in [-0.3, -0.25) is 14.8 Å². The zero-order chi connectivity index (χ0) is 13.3. The van der Waals surface area contributed by atoms with Crippen molar-refractivity contribution in [3.63, 3.8) is 0 Å². The maximum Gasteiger partial charge on any atom is 0.330 e. The van der Waals surface area contributed by atoms with Gasteiger partial charge in [-0.1, -0.05) is 6.42 Å². The standard InChI is InChI=1S/C11H19N5O2/c1-14-7-10(16(17)18)11(13-14)15(2)9-5-3-4-8(9)6-12/h7-9H,3-6,12H2,1-2H3. The fraction of sp³-hybridized carbons (Fsp3) is 0.727. The SMILES string of the molecule is CN(c1nn(C)cc1[N+](=O)[O-])C1CCCC1CN. The molecule has 1 aromatic heterocycles. The van der Waals surface area contributed by atoms with Crippen LogP contribution in [0.15, 0.2) is 6.20 Å². The quantitative estimate of drug-likeness (QED) is 0.635. The molecule has 2 N–H and O–H groups in total. The Kier molecular flexibility index (Phi) is 3.51. The molecule has 2 rings (SSSR count). The summed E-state index contributed by atoms with van der Waals surface area (Å²) < 4.78 is 1.48. The highest BCUT2D eigenvalue weighted by Gasteiger charge is 2.33. The molecule has 1 heterocycles. The molecule has 1 aromatic rings. The van der Waals surface area contributed by atoms with Gasteiger partial charge in [0.25, 0.3) is 0 Å². The molecule has 1 aliphatic rings. The van der Waals surface area contributed by atoms with Crippen molar-refractivity contribution in [3.05, 3.63) is 16.3 Å². The summed E-state index contributed by atoms with van der Waals surface area (Å²) in [5.74, 6) is 0.837. The fourth-order valence-electron chi connectivity index (χ4n) is 2.80. The molecular formula is C11H19N5O2. The first-order valence-corrected chi connectivity index (χ1v) is 6.15. The number of nitro groups is 1. The Hall–Kier alpha value is -1.63. The van der Waals surface area contributed by atoms with E-state index in [9.17, 15) is 10.1 Å². The smallest absolute Gasteiger partial charge is 0.330 e. The average Bonchev–Trinajstić information content (AvgIpc) is 2.93. The summed E-state index contributed by atoms with van der Waals surface area (Å²) in [6.45, 7) is 0.621. The van der Waals surface area contributed by atoms with Gasteiger partial charge in [0.2, 0.25) is 5.82 Å². The van der Waals surface area contributed by atoms with E-state index < -0.39 is 0 Å². The monoisotopic (exact) mass is 253 g/mol. The van der Waals surface area contributed by atoms with Crippen LogP contribution in [0.1, 0.15) is 19.3 Å². The molecule has 0 radical (unpaired) electrons. The molecule has 0 saturated heterocycles. The lowest BCUT2D eigenvalue weighted by Gasteiger charge is -2.28. The molecule has 1 fully saturated rings. The number of aromatic nitrogens is 2. The molecule has 2 unspecified atom stereocenters. The van der Waals surface area contributed by atoms with Crippen LogP contribution in [-0.2, 0) is 7.05 Å². The second-order valence-corrected chi connectivity index (χ2v) is 4.87. The van der Waals surface area contributed by atoms with Crippen LogP contribution in [0.2, 0.25) is 0 Å². The van der Waals surface area contributed by atoms with Gasteiger partial charge in [-0.2, -0.15) is 0 Å². The number of aryl methyl sites for hydroxylation is 1. The van der Waals surface area contributed by atoms with Crippen LogP contribution in [0.4, 0.5) is 11.5 Å². The van der Waals surface area contributed by atoms with Crippen LogP contribution >= 0.6 is 0 Å². The van der Waals surface area contributed by atoms with Gasteiger partial charge in [-0.15, -0.1) is 5.10 Å². The normalized spacial score (nSPS) is 23.3. The number of hydrogen-bond donors (Lipinski definition) is 1. The molecular weight excluding hydrogens is 234 g/mol. The predicted octanol–water partition coefficient (Wildman–Crippen LogP) is 0.892. The lowest BCUT2D eigenvalue weighted by atomic mass is 10.0. The van der Waals surface area contributed by atoms with E-state index in [4.69, 9.17) is 5.73 Å². The van der Waals surface area contributed by atoms with Crippen molar-refractivity contribution in [1.29, 1.82) is 0 Å². The van der Waals surface area contributed by atoms with Gasteiger partial charge in [-0.05, 0) is 25.3 Å². The maximum atomic E-state index is 11.0. The fourth-order valence-corrected chi connectivity index (χ4v) is 2.80. The summed E-state index contributed by atoms with van der Waals surface area (Å²) >= 11 is 0. The van der Waals surface area contributed by atoms with E-state index >= 15 is 0 Å². The van der Waals surface area contributed by atoms with E-state index in [1.807, 2.05) is 11.9 Å². The van der Waals surface area contributed by atoms with Gasteiger partial charge in [0.05, 0.1) is 4.92 Å². The number of nitrogens with two attached hydrogens (primary N) is 1. The van der Waals surface area contributed by atoms with Gasteiger partial charge in [0, 0.05) is 20.1 Å². The molecule has 0 amide bonds. The van der Waals surface area contributed by atoms with Gasteiger partial charge in [-0.25, -0.2) is 0 Å². The highest BCUT2D eigenvalue weighted by molar-refractivity contribution is 5.57. The summed E-state index contributed by atoms with van der Waals surface area (Å²) in [6, 6.07) is 0.253. The Labute approximate surface area is 106 Å². The molecule has 100 valence electrons. The molecule has 1 saturated carbocycles. The molecule has 1 aliphatic carbocycles. The summed E-state index contributed by atoms with van der Waals surface area (Å²) in [5.41, 5.74) is 5.82. The van der Waals surface area contributed by atoms with Crippen LogP contribution in [0.3, 0.4) is 0 Å². The average molecular weight is 253 g/mol. The number of hydrogen-bond acceptors (Lipinski definition) is 5. The van der Waals surface area contributed by atoms with E-state index in [1.54, 1.807) is 7.05 Å². The number of nitrogens with zero attached hydrogens (tertiary/aromatic N) is 4. The van der Waals surface area contributed by atoms with E-state index in [1.165, 1.54) is 10.9 Å². The summed E-state index contributed by atoms with van der Waals surface area (Å²) in [6.07, 6.45) is 4.67. The van der Waals surface area contributed by atoms with E-state index in [-0.39, 0.29) is 16.7 Å². The second-order valence-electron chi connectivity index (χ2n) is 4.87. The van der Waals surface area contributed by atoms with Crippen LogP contribution in [0.25, 0.3) is 0 Å². The Bertz CT molecular complexity index is 445. The topological polar surface area (TPSA) is 90.2 Å². The van der Waals surface area contributed by atoms with Crippen molar-refractivity contribution in [2.45, 2.75) is 25.3 Å². The molecule has 0 spiro atoms. The van der Waals surface area contributed by atoms with Crippen LogP contribution in [0.5, 0.6) is 0 Å².